The number of nitrogens with zero attached hydrogens (tertiary/aromatic N) is 3. The first-order chi connectivity index (χ1) is 10.1. The second kappa shape index (κ2) is 7.43. The molecule has 0 radical (unpaired) electrons. The van der Waals surface area contributed by atoms with E-state index in [1.54, 1.807) is 11.1 Å². The van der Waals surface area contributed by atoms with E-state index in [1.807, 2.05) is 19.3 Å². The normalized spacial score (nSPS) is 18.6. The summed E-state index contributed by atoms with van der Waals surface area (Å²) in [5.41, 5.74) is 1.78. The number of unbranched alkanes of at least 4 members (excludes halogenated alkanes) is 1. The molecular formula is C17H27N3O. The van der Waals surface area contributed by atoms with Crippen LogP contribution in [0, 0.1) is 5.92 Å². The van der Waals surface area contributed by atoms with Gasteiger partial charge in [0.2, 0.25) is 0 Å². The Morgan fingerprint density at radius 3 is 3.00 bits per heavy atom. The first-order valence-corrected chi connectivity index (χ1v) is 8.07. The highest BCUT2D eigenvalue weighted by atomic mass is 16.2. The Kier molecular flexibility index (Phi) is 5.59. The summed E-state index contributed by atoms with van der Waals surface area (Å²) in [6.45, 7) is 7.35. The zero-order valence-corrected chi connectivity index (χ0v) is 13.5. The van der Waals surface area contributed by atoms with Crippen molar-refractivity contribution in [3.05, 3.63) is 24.0 Å². The van der Waals surface area contributed by atoms with Crippen LogP contribution in [0.1, 0.15) is 49.9 Å². The lowest BCUT2D eigenvalue weighted by Crippen LogP contribution is -2.34. The number of aromatic nitrogens is 1. The van der Waals surface area contributed by atoms with Crippen molar-refractivity contribution in [3.8, 4) is 0 Å². The third-order valence-corrected chi connectivity index (χ3v) is 4.19. The van der Waals surface area contributed by atoms with E-state index in [1.165, 1.54) is 12.8 Å². The summed E-state index contributed by atoms with van der Waals surface area (Å²) in [5.74, 6) is 0.785. The Balaban J connectivity index is 2.08. The Bertz CT molecular complexity index is 475. The van der Waals surface area contributed by atoms with Gasteiger partial charge in [0.15, 0.2) is 0 Å². The maximum absolute atomic E-state index is 12.4. The van der Waals surface area contributed by atoms with Crippen LogP contribution in [-0.4, -0.2) is 42.5 Å². The largest absolute Gasteiger partial charge is 0.370 e. The van der Waals surface area contributed by atoms with Gasteiger partial charge in [-0.05, 0) is 31.2 Å². The molecule has 21 heavy (non-hydrogen) atoms. The molecular weight excluding hydrogens is 262 g/mol. The molecule has 0 spiro atoms. The molecule has 1 unspecified atom stereocenters. The number of amides is 1. The van der Waals surface area contributed by atoms with Gasteiger partial charge in [-0.2, -0.15) is 0 Å². The number of carbonyl (C=O) groups is 1. The molecule has 0 aromatic carbocycles. The molecule has 1 aliphatic heterocycles. The van der Waals surface area contributed by atoms with Crippen LogP contribution in [0.2, 0.25) is 0 Å². The Morgan fingerprint density at radius 1 is 1.48 bits per heavy atom. The van der Waals surface area contributed by atoms with E-state index in [0.717, 1.165) is 38.2 Å². The number of hydrogen-bond donors (Lipinski definition) is 0. The molecule has 1 aliphatic rings. The van der Waals surface area contributed by atoms with Crippen LogP contribution in [0.25, 0.3) is 0 Å². The Labute approximate surface area is 128 Å². The summed E-state index contributed by atoms with van der Waals surface area (Å²) in [6.07, 6.45) is 8.21. The summed E-state index contributed by atoms with van der Waals surface area (Å²) in [5, 5.41) is 0. The summed E-state index contributed by atoms with van der Waals surface area (Å²) >= 11 is 0. The second-order valence-electron chi connectivity index (χ2n) is 6.21. The van der Waals surface area contributed by atoms with Crippen LogP contribution in [0.15, 0.2) is 18.5 Å². The molecule has 1 aromatic rings. The van der Waals surface area contributed by atoms with Crippen molar-refractivity contribution in [1.82, 2.24) is 9.88 Å². The first kappa shape index (κ1) is 15.8. The third-order valence-electron chi connectivity index (χ3n) is 4.19. The van der Waals surface area contributed by atoms with Gasteiger partial charge < -0.3 is 9.80 Å². The van der Waals surface area contributed by atoms with E-state index < -0.39 is 0 Å². The van der Waals surface area contributed by atoms with Crippen LogP contribution in [0.4, 0.5) is 5.69 Å². The van der Waals surface area contributed by atoms with Gasteiger partial charge in [0, 0.05) is 32.9 Å². The quantitative estimate of drug-likeness (QED) is 0.835. The molecule has 2 heterocycles. The van der Waals surface area contributed by atoms with Crippen molar-refractivity contribution < 1.29 is 4.79 Å². The molecule has 0 bridgehead atoms. The third kappa shape index (κ3) is 4.19. The molecule has 116 valence electrons. The first-order valence-electron chi connectivity index (χ1n) is 8.07. The van der Waals surface area contributed by atoms with Crippen molar-refractivity contribution in [2.45, 2.75) is 39.5 Å². The zero-order chi connectivity index (χ0) is 15.2. The van der Waals surface area contributed by atoms with E-state index in [2.05, 4.69) is 23.7 Å². The monoisotopic (exact) mass is 289 g/mol. The maximum atomic E-state index is 12.4. The van der Waals surface area contributed by atoms with Crippen LogP contribution >= 0.6 is 0 Å². The topological polar surface area (TPSA) is 36.4 Å². The van der Waals surface area contributed by atoms with Crippen LogP contribution in [0.5, 0.6) is 0 Å². The fraction of sp³-hybridized carbons (Fsp3) is 0.647. The standard InChI is InChI=1S/C17H27N3O/c1-4-5-8-19(3)17(21)15-10-16(12-18-11-15)20-9-6-7-14(2)13-20/h10-12,14H,4-9,13H2,1-3H3. The van der Waals surface area contributed by atoms with Crippen molar-refractivity contribution in [2.24, 2.45) is 5.92 Å². The van der Waals surface area contributed by atoms with Crippen molar-refractivity contribution >= 4 is 11.6 Å². The summed E-state index contributed by atoms with van der Waals surface area (Å²) in [7, 11) is 1.87. The van der Waals surface area contributed by atoms with Gasteiger partial charge >= 0.3 is 0 Å². The molecule has 0 saturated carbocycles. The smallest absolute Gasteiger partial charge is 0.255 e. The second-order valence-corrected chi connectivity index (χ2v) is 6.21. The highest BCUT2D eigenvalue weighted by Crippen LogP contribution is 2.23. The molecule has 1 amide bonds. The molecule has 1 atom stereocenters. The maximum Gasteiger partial charge on any atom is 0.255 e. The van der Waals surface area contributed by atoms with Crippen molar-refractivity contribution in [2.75, 3.05) is 31.6 Å². The summed E-state index contributed by atoms with van der Waals surface area (Å²) in [4.78, 5) is 20.8. The van der Waals surface area contributed by atoms with Crippen LogP contribution in [0.3, 0.4) is 0 Å². The van der Waals surface area contributed by atoms with Gasteiger partial charge in [0.1, 0.15) is 0 Å². The number of pyridine rings is 1. The van der Waals surface area contributed by atoms with E-state index in [0.29, 0.717) is 11.5 Å². The average molecular weight is 289 g/mol. The highest BCUT2D eigenvalue weighted by Gasteiger charge is 2.19. The minimum Gasteiger partial charge on any atom is -0.370 e. The average Bonchev–Trinajstić information content (AvgIpc) is 2.52. The van der Waals surface area contributed by atoms with Gasteiger partial charge in [-0.25, -0.2) is 0 Å². The predicted molar refractivity (Wildman–Crippen MR) is 86.7 cm³/mol. The molecule has 2 rings (SSSR count). The van der Waals surface area contributed by atoms with Gasteiger partial charge in [-0.1, -0.05) is 20.3 Å². The fourth-order valence-electron chi connectivity index (χ4n) is 2.86. The van der Waals surface area contributed by atoms with E-state index in [9.17, 15) is 4.79 Å². The molecule has 4 nitrogen and oxygen atoms in total. The van der Waals surface area contributed by atoms with Crippen molar-refractivity contribution in [1.29, 1.82) is 0 Å². The molecule has 1 saturated heterocycles. The van der Waals surface area contributed by atoms with Gasteiger partial charge in [0.25, 0.3) is 5.91 Å². The lowest BCUT2D eigenvalue weighted by atomic mass is 10.00. The molecule has 1 fully saturated rings. The number of piperidine rings is 1. The molecule has 0 N–H and O–H groups in total. The van der Waals surface area contributed by atoms with Crippen molar-refractivity contribution in [3.63, 3.8) is 0 Å². The fourth-order valence-corrected chi connectivity index (χ4v) is 2.86. The number of anilines is 1. The van der Waals surface area contributed by atoms with E-state index in [4.69, 9.17) is 0 Å². The van der Waals surface area contributed by atoms with Gasteiger partial charge in [-0.15, -0.1) is 0 Å². The van der Waals surface area contributed by atoms with E-state index in [-0.39, 0.29) is 5.91 Å². The Morgan fingerprint density at radius 2 is 2.29 bits per heavy atom. The van der Waals surface area contributed by atoms with Gasteiger partial charge in [0.05, 0.1) is 17.4 Å². The predicted octanol–water partition coefficient (Wildman–Crippen LogP) is 3.19. The lowest BCUT2D eigenvalue weighted by Gasteiger charge is -2.32. The summed E-state index contributed by atoms with van der Waals surface area (Å²) in [6, 6.07) is 2.00. The van der Waals surface area contributed by atoms with Crippen LogP contribution < -0.4 is 4.90 Å². The number of hydrogen-bond acceptors (Lipinski definition) is 3. The minimum atomic E-state index is 0.0721. The number of carbonyl (C=O) groups excluding carboxylic acids is 1. The number of rotatable bonds is 5. The van der Waals surface area contributed by atoms with Gasteiger partial charge in [-0.3, -0.25) is 9.78 Å². The molecule has 1 aromatic heterocycles. The molecule has 4 heteroatoms. The summed E-state index contributed by atoms with van der Waals surface area (Å²) < 4.78 is 0. The highest BCUT2D eigenvalue weighted by molar-refractivity contribution is 5.94. The zero-order valence-electron chi connectivity index (χ0n) is 13.5. The molecule has 0 aliphatic carbocycles. The minimum absolute atomic E-state index is 0.0721. The lowest BCUT2D eigenvalue weighted by molar-refractivity contribution is 0.0793. The Hall–Kier alpha value is -1.58. The van der Waals surface area contributed by atoms with Crippen LogP contribution in [-0.2, 0) is 0 Å². The van der Waals surface area contributed by atoms with E-state index >= 15 is 0 Å². The SMILES string of the molecule is CCCCN(C)C(=O)c1cncc(N2CCCC(C)C2)c1.